The van der Waals surface area contributed by atoms with Crippen LogP contribution in [0.1, 0.15) is 39.2 Å². The molecule has 1 N–H and O–H groups in total. The second-order valence-corrected chi connectivity index (χ2v) is 6.34. The largest absolute Gasteiger partial charge is 0.493 e. The van der Waals surface area contributed by atoms with Crippen molar-refractivity contribution >= 4 is 11.6 Å². The number of hydrogen-bond donors (Lipinski definition) is 1. The van der Waals surface area contributed by atoms with E-state index in [9.17, 15) is 0 Å². The zero-order chi connectivity index (χ0) is 15.0. The molecular formula is C16H26ClNO2. The number of methoxy groups -OCH3 is 1. The van der Waals surface area contributed by atoms with Gasteiger partial charge in [0, 0.05) is 36.4 Å². The van der Waals surface area contributed by atoms with Crippen LogP contribution in [-0.4, -0.2) is 25.9 Å². The van der Waals surface area contributed by atoms with Gasteiger partial charge in [0.05, 0.1) is 6.61 Å². The standard InChI is InChI=1S/C16H26ClNO2/c1-16(2,3)18-12-13-11-14(17)7-8-15(13)20-10-6-5-9-19-4/h7-8,11,18H,5-6,9-10,12H2,1-4H3. The molecule has 1 aromatic carbocycles. The number of benzene rings is 1. The van der Waals surface area contributed by atoms with Gasteiger partial charge in [-0.1, -0.05) is 11.6 Å². The third-order valence-corrected chi connectivity index (χ3v) is 3.07. The van der Waals surface area contributed by atoms with E-state index < -0.39 is 0 Å². The molecule has 0 aromatic heterocycles. The maximum Gasteiger partial charge on any atom is 0.123 e. The Labute approximate surface area is 127 Å². The molecular weight excluding hydrogens is 274 g/mol. The highest BCUT2D eigenvalue weighted by Crippen LogP contribution is 2.23. The third kappa shape index (κ3) is 7.13. The molecule has 0 saturated carbocycles. The normalized spacial score (nSPS) is 11.7. The van der Waals surface area contributed by atoms with Gasteiger partial charge in [0.2, 0.25) is 0 Å². The molecule has 0 spiro atoms. The number of halogens is 1. The molecule has 0 aliphatic heterocycles. The molecule has 0 atom stereocenters. The number of ether oxygens (including phenoxy) is 2. The molecule has 0 radical (unpaired) electrons. The number of unbranched alkanes of at least 4 members (excludes halogenated alkanes) is 1. The van der Waals surface area contributed by atoms with Gasteiger partial charge in [-0.2, -0.15) is 0 Å². The van der Waals surface area contributed by atoms with Gasteiger partial charge in [-0.3, -0.25) is 0 Å². The van der Waals surface area contributed by atoms with Gasteiger partial charge in [0.1, 0.15) is 5.75 Å². The summed E-state index contributed by atoms with van der Waals surface area (Å²) >= 11 is 6.07. The Morgan fingerprint density at radius 2 is 1.85 bits per heavy atom. The summed E-state index contributed by atoms with van der Waals surface area (Å²) in [7, 11) is 1.72. The fraction of sp³-hybridized carbons (Fsp3) is 0.625. The van der Waals surface area contributed by atoms with E-state index in [0.717, 1.165) is 42.3 Å². The Balaban J connectivity index is 2.56. The molecule has 1 aromatic rings. The van der Waals surface area contributed by atoms with E-state index in [0.29, 0.717) is 6.61 Å². The zero-order valence-corrected chi connectivity index (χ0v) is 13.7. The minimum atomic E-state index is 0.0675. The minimum Gasteiger partial charge on any atom is -0.493 e. The second-order valence-electron chi connectivity index (χ2n) is 5.90. The summed E-state index contributed by atoms with van der Waals surface area (Å²) in [5.74, 6) is 0.906. The van der Waals surface area contributed by atoms with Crippen molar-refractivity contribution in [2.75, 3.05) is 20.3 Å². The summed E-state index contributed by atoms with van der Waals surface area (Å²) in [4.78, 5) is 0. The van der Waals surface area contributed by atoms with Crippen molar-refractivity contribution in [2.24, 2.45) is 0 Å². The Kier molecular flexibility index (Phi) is 7.35. The van der Waals surface area contributed by atoms with Gasteiger partial charge in [-0.15, -0.1) is 0 Å². The minimum absolute atomic E-state index is 0.0675. The molecule has 1 rings (SSSR count). The predicted octanol–water partition coefficient (Wildman–Crippen LogP) is 4.03. The number of nitrogens with one attached hydrogen (secondary N) is 1. The van der Waals surface area contributed by atoms with E-state index in [4.69, 9.17) is 21.1 Å². The summed E-state index contributed by atoms with van der Waals surface area (Å²) in [6.45, 7) is 8.65. The van der Waals surface area contributed by atoms with Crippen molar-refractivity contribution in [2.45, 2.75) is 45.7 Å². The fourth-order valence-electron chi connectivity index (χ4n) is 1.72. The van der Waals surface area contributed by atoms with Crippen LogP contribution in [0.4, 0.5) is 0 Å². The van der Waals surface area contributed by atoms with E-state index in [1.807, 2.05) is 18.2 Å². The zero-order valence-electron chi connectivity index (χ0n) is 13.0. The lowest BCUT2D eigenvalue weighted by Gasteiger charge is -2.22. The molecule has 0 fully saturated rings. The van der Waals surface area contributed by atoms with Crippen molar-refractivity contribution in [3.8, 4) is 5.75 Å². The molecule has 114 valence electrons. The molecule has 3 nitrogen and oxygen atoms in total. The van der Waals surface area contributed by atoms with Crippen LogP contribution in [0, 0.1) is 0 Å². The molecule has 0 amide bonds. The predicted molar refractivity (Wildman–Crippen MR) is 84.6 cm³/mol. The van der Waals surface area contributed by atoms with Crippen LogP contribution in [0.3, 0.4) is 0 Å². The van der Waals surface area contributed by atoms with Crippen LogP contribution >= 0.6 is 11.6 Å². The number of rotatable bonds is 8. The second kappa shape index (κ2) is 8.50. The van der Waals surface area contributed by atoms with Crippen molar-refractivity contribution in [3.63, 3.8) is 0 Å². The summed E-state index contributed by atoms with van der Waals surface area (Å²) in [5, 5.41) is 4.20. The van der Waals surface area contributed by atoms with Crippen LogP contribution in [-0.2, 0) is 11.3 Å². The molecule has 0 unspecified atom stereocenters. The summed E-state index contributed by atoms with van der Waals surface area (Å²) in [5.41, 5.74) is 1.16. The van der Waals surface area contributed by atoms with Crippen molar-refractivity contribution in [3.05, 3.63) is 28.8 Å². The topological polar surface area (TPSA) is 30.5 Å². The first kappa shape index (κ1) is 17.3. The van der Waals surface area contributed by atoms with E-state index >= 15 is 0 Å². The SMILES string of the molecule is COCCCCOc1ccc(Cl)cc1CNC(C)(C)C. The van der Waals surface area contributed by atoms with Crippen LogP contribution in [0.15, 0.2) is 18.2 Å². The van der Waals surface area contributed by atoms with Crippen LogP contribution in [0.2, 0.25) is 5.02 Å². The Hall–Kier alpha value is -0.770. The van der Waals surface area contributed by atoms with Crippen LogP contribution in [0.5, 0.6) is 5.75 Å². The molecule has 0 saturated heterocycles. The summed E-state index contributed by atoms with van der Waals surface area (Å²) in [6.07, 6.45) is 2.00. The molecule has 4 heteroatoms. The lowest BCUT2D eigenvalue weighted by molar-refractivity contribution is 0.184. The first-order valence-corrected chi connectivity index (χ1v) is 7.45. The maximum atomic E-state index is 6.07. The Bertz CT molecular complexity index is 402. The monoisotopic (exact) mass is 299 g/mol. The van der Waals surface area contributed by atoms with Crippen LogP contribution < -0.4 is 10.1 Å². The summed E-state index contributed by atoms with van der Waals surface area (Å²) in [6, 6.07) is 5.77. The highest BCUT2D eigenvalue weighted by atomic mass is 35.5. The number of hydrogen-bond acceptors (Lipinski definition) is 3. The quantitative estimate of drug-likeness (QED) is 0.735. The lowest BCUT2D eigenvalue weighted by Crippen LogP contribution is -2.35. The van der Waals surface area contributed by atoms with Crippen molar-refractivity contribution in [1.29, 1.82) is 0 Å². The van der Waals surface area contributed by atoms with E-state index in [-0.39, 0.29) is 5.54 Å². The van der Waals surface area contributed by atoms with E-state index in [1.165, 1.54) is 0 Å². The van der Waals surface area contributed by atoms with E-state index in [2.05, 4.69) is 26.1 Å². The van der Waals surface area contributed by atoms with Gasteiger partial charge in [-0.25, -0.2) is 0 Å². The average molecular weight is 300 g/mol. The maximum absolute atomic E-state index is 6.07. The molecule has 0 bridgehead atoms. The highest BCUT2D eigenvalue weighted by molar-refractivity contribution is 6.30. The smallest absolute Gasteiger partial charge is 0.123 e. The summed E-state index contributed by atoms with van der Waals surface area (Å²) < 4.78 is 10.9. The van der Waals surface area contributed by atoms with Gasteiger partial charge in [0.25, 0.3) is 0 Å². The fourth-order valence-corrected chi connectivity index (χ4v) is 1.91. The van der Waals surface area contributed by atoms with Gasteiger partial charge in [0.15, 0.2) is 0 Å². The van der Waals surface area contributed by atoms with E-state index in [1.54, 1.807) is 7.11 Å². The Morgan fingerprint density at radius 1 is 1.15 bits per heavy atom. The van der Waals surface area contributed by atoms with Crippen molar-refractivity contribution < 1.29 is 9.47 Å². The first-order chi connectivity index (χ1) is 9.42. The molecule has 0 aliphatic rings. The average Bonchev–Trinajstić information content (AvgIpc) is 2.37. The third-order valence-electron chi connectivity index (χ3n) is 2.83. The van der Waals surface area contributed by atoms with Gasteiger partial charge < -0.3 is 14.8 Å². The lowest BCUT2D eigenvalue weighted by atomic mass is 10.1. The first-order valence-electron chi connectivity index (χ1n) is 7.07. The molecule has 0 heterocycles. The highest BCUT2D eigenvalue weighted by Gasteiger charge is 2.11. The van der Waals surface area contributed by atoms with Gasteiger partial charge >= 0.3 is 0 Å². The molecule has 20 heavy (non-hydrogen) atoms. The molecule has 0 aliphatic carbocycles. The Morgan fingerprint density at radius 3 is 2.50 bits per heavy atom. The van der Waals surface area contributed by atoms with Crippen molar-refractivity contribution in [1.82, 2.24) is 5.32 Å². The van der Waals surface area contributed by atoms with Crippen LogP contribution in [0.25, 0.3) is 0 Å². The van der Waals surface area contributed by atoms with Gasteiger partial charge in [-0.05, 0) is 51.8 Å².